The first kappa shape index (κ1) is 16.1. The van der Waals surface area contributed by atoms with E-state index in [0.29, 0.717) is 11.3 Å². The highest BCUT2D eigenvalue weighted by Gasteiger charge is 2.33. The number of amides is 2. The van der Waals surface area contributed by atoms with Gasteiger partial charge in [0, 0.05) is 6.20 Å². The number of thioether (sulfide) groups is 1. The average Bonchev–Trinajstić information content (AvgIpc) is 2.85. The van der Waals surface area contributed by atoms with Crippen molar-refractivity contribution < 1.29 is 14.7 Å². The Morgan fingerprint density at radius 3 is 2.42 bits per heavy atom. The van der Waals surface area contributed by atoms with E-state index in [1.165, 1.54) is 18.3 Å². The fourth-order valence-corrected chi connectivity index (χ4v) is 3.05. The van der Waals surface area contributed by atoms with Gasteiger partial charge in [0.2, 0.25) is 0 Å². The normalized spacial score (nSPS) is 16.5. The van der Waals surface area contributed by atoms with E-state index < -0.39 is 0 Å². The lowest BCUT2D eigenvalue weighted by atomic mass is 10.1. The molecule has 5 heteroatoms. The van der Waals surface area contributed by atoms with Crippen molar-refractivity contribution in [3.63, 3.8) is 0 Å². The van der Waals surface area contributed by atoms with Crippen LogP contribution in [0.4, 0.5) is 4.79 Å². The molecule has 0 unspecified atom stereocenters. The molecule has 0 aromatic heterocycles. The van der Waals surface area contributed by atoms with Crippen LogP contribution in [0.1, 0.15) is 11.1 Å². The Balaban J connectivity index is 1.71. The molecule has 1 aliphatic rings. The van der Waals surface area contributed by atoms with Gasteiger partial charge < -0.3 is 5.11 Å². The maximum absolute atomic E-state index is 12.3. The van der Waals surface area contributed by atoms with E-state index in [2.05, 4.69) is 0 Å². The Labute approximate surface area is 144 Å². The average molecular weight is 337 g/mol. The number of nitrogens with zero attached hydrogens (tertiary/aromatic N) is 1. The zero-order valence-electron chi connectivity index (χ0n) is 12.8. The summed E-state index contributed by atoms with van der Waals surface area (Å²) >= 11 is 0.912. The molecule has 1 N–H and O–H groups in total. The number of carbonyl (C=O) groups is 2. The van der Waals surface area contributed by atoms with Crippen molar-refractivity contribution in [1.82, 2.24) is 4.90 Å². The molecule has 0 radical (unpaired) electrons. The van der Waals surface area contributed by atoms with Crippen LogP contribution in [0, 0.1) is 0 Å². The summed E-state index contributed by atoms with van der Waals surface area (Å²) in [6.45, 7) is 0. The summed E-state index contributed by atoms with van der Waals surface area (Å²) in [4.78, 5) is 25.9. The van der Waals surface area contributed by atoms with Gasteiger partial charge in [-0.3, -0.25) is 9.59 Å². The molecule has 120 valence electrons. The monoisotopic (exact) mass is 337 g/mol. The van der Waals surface area contributed by atoms with Gasteiger partial charge in [0.15, 0.2) is 0 Å². The highest BCUT2D eigenvalue weighted by Crippen LogP contribution is 2.32. The number of phenolic OH excluding ortho intramolecular Hbond substituents is 1. The zero-order chi connectivity index (χ0) is 16.9. The van der Waals surface area contributed by atoms with E-state index in [1.54, 1.807) is 24.3 Å². The number of hydrogen-bond acceptors (Lipinski definition) is 4. The molecule has 1 saturated heterocycles. The number of hydrogen-bond donors (Lipinski definition) is 1. The summed E-state index contributed by atoms with van der Waals surface area (Å²) < 4.78 is 0. The zero-order valence-corrected chi connectivity index (χ0v) is 13.6. The molecule has 3 rings (SSSR count). The Morgan fingerprint density at radius 2 is 1.71 bits per heavy atom. The minimum absolute atomic E-state index is 0.157. The van der Waals surface area contributed by atoms with Gasteiger partial charge in [-0.05, 0) is 47.5 Å². The SMILES string of the molecule is O=C1S/C(=C\c2ccc(O)cc2)C(=O)N1/C=C/Cc1ccccc1. The van der Waals surface area contributed by atoms with Crippen molar-refractivity contribution in [3.8, 4) is 5.75 Å². The van der Waals surface area contributed by atoms with E-state index in [4.69, 9.17) is 0 Å². The fraction of sp³-hybridized carbons (Fsp3) is 0.0526. The summed E-state index contributed by atoms with van der Waals surface area (Å²) in [6, 6.07) is 16.3. The topological polar surface area (TPSA) is 57.6 Å². The number of benzene rings is 2. The Bertz CT molecular complexity index is 810. The van der Waals surface area contributed by atoms with Crippen molar-refractivity contribution in [1.29, 1.82) is 0 Å². The standard InChI is InChI=1S/C19H15NO3S/c21-16-10-8-15(9-11-16)13-17-18(22)20(19(23)24-17)12-4-7-14-5-2-1-3-6-14/h1-6,8-13,21H,7H2/b12-4+,17-13-. The lowest BCUT2D eigenvalue weighted by Gasteiger charge is -2.05. The van der Waals surface area contributed by atoms with Gasteiger partial charge in [-0.1, -0.05) is 48.5 Å². The van der Waals surface area contributed by atoms with Gasteiger partial charge >= 0.3 is 0 Å². The van der Waals surface area contributed by atoms with E-state index >= 15 is 0 Å². The maximum atomic E-state index is 12.3. The van der Waals surface area contributed by atoms with E-state index in [-0.39, 0.29) is 16.9 Å². The predicted octanol–water partition coefficient (Wildman–Crippen LogP) is 4.18. The minimum Gasteiger partial charge on any atom is -0.508 e. The van der Waals surface area contributed by atoms with Crippen LogP contribution in [-0.2, 0) is 11.2 Å². The molecule has 0 atom stereocenters. The number of allylic oxidation sites excluding steroid dienone is 1. The van der Waals surface area contributed by atoms with Crippen molar-refractivity contribution in [3.05, 3.63) is 82.9 Å². The third-order valence-electron chi connectivity index (χ3n) is 3.47. The van der Waals surface area contributed by atoms with Crippen LogP contribution in [0.5, 0.6) is 5.75 Å². The highest BCUT2D eigenvalue weighted by molar-refractivity contribution is 8.18. The number of rotatable bonds is 4. The summed E-state index contributed by atoms with van der Waals surface area (Å²) in [7, 11) is 0. The molecule has 1 heterocycles. The first-order chi connectivity index (χ1) is 11.6. The van der Waals surface area contributed by atoms with E-state index in [0.717, 1.165) is 27.8 Å². The second kappa shape index (κ2) is 7.19. The number of carbonyl (C=O) groups excluding carboxylic acids is 2. The second-order valence-corrected chi connectivity index (χ2v) is 6.21. The molecule has 4 nitrogen and oxygen atoms in total. The third kappa shape index (κ3) is 3.75. The van der Waals surface area contributed by atoms with Crippen LogP contribution in [-0.4, -0.2) is 21.2 Å². The van der Waals surface area contributed by atoms with Crippen LogP contribution < -0.4 is 0 Å². The highest BCUT2D eigenvalue weighted by atomic mass is 32.2. The molecule has 0 spiro atoms. The molecular formula is C19H15NO3S. The molecule has 2 aromatic rings. The largest absolute Gasteiger partial charge is 0.508 e. The molecule has 1 fully saturated rings. The molecule has 2 amide bonds. The predicted molar refractivity (Wildman–Crippen MR) is 95.2 cm³/mol. The summed E-state index contributed by atoms with van der Waals surface area (Å²) in [5.41, 5.74) is 1.87. The second-order valence-electron chi connectivity index (χ2n) is 5.22. The first-order valence-corrected chi connectivity index (χ1v) is 8.22. The van der Waals surface area contributed by atoms with Gasteiger partial charge in [-0.15, -0.1) is 0 Å². The van der Waals surface area contributed by atoms with Crippen molar-refractivity contribution >= 4 is 29.0 Å². The first-order valence-electron chi connectivity index (χ1n) is 7.40. The van der Waals surface area contributed by atoms with Gasteiger partial charge in [0.05, 0.1) is 4.91 Å². The van der Waals surface area contributed by atoms with Gasteiger partial charge in [0.1, 0.15) is 5.75 Å². The van der Waals surface area contributed by atoms with Crippen LogP contribution in [0.25, 0.3) is 6.08 Å². The van der Waals surface area contributed by atoms with E-state index in [1.807, 2.05) is 30.3 Å². The lowest BCUT2D eigenvalue weighted by molar-refractivity contribution is -0.120. The van der Waals surface area contributed by atoms with Crippen molar-refractivity contribution in [2.24, 2.45) is 0 Å². The van der Waals surface area contributed by atoms with Gasteiger partial charge in [-0.2, -0.15) is 0 Å². The number of imide groups is 1. The molecule has 0 aliphatic carbocycles. The third-order valence-corrected chi connectivity index (χ3v) is 4.35. The van der Waals surface area contributed by atoms with E-state index in [9.17, 15) is 14.7 Å². The summed E-state index contributed by atoms with van der Waals surface area (Å²) in [5.74, 6) is -0.175. The smallest absolute Gasteiger partial charge is 0.297 e. The Morgan fingerprint density at radius 1 is 1.00 bits per heavy atom. The van der Waals surface area contributed by atoms with Crippen LogP contribution in [0.2, 0.25) is 0 Å². The van der Waals surface area contributed by atoms with Crippen LogP contribution >= 0.6 is 11.8 Å². The fourth-order valence-electron chi connectivity index (χ4n) is 2.24. The minimum atomic E-state index is -0.331. The van der Waals surface area contributed by atoms with Crippen LogP contribution in [0.3, 0.4) is 0 Å². The number of aromatic hydroxyl groups is 1. The van der Waals surface area contributed by atoms with Crippen LogP contribution in [0.15, 0.2) is 71.8 Å². The molecular weight excluding hydrogens is 322 g/mol. The van der Waals surface area contributed by atoms with Gasteiger partial charge in [-0.25, -0.2) is 4.90 Å². The molecule has 2 aromatic carbocycles. The van der Waals surface area contributed by atoms with Crippen molar-refractivity contribution in [2.75, 3.05) is 0 Å². The quantitative estimate of drug-likeness (QED) is 0.850. The molecule has 0 saturated carbocycles. The molecule has 1 aliphatic heterocycles. The number of phenols is 1. The van der Waals surface area contributed by atoms with Gasteiger partial charge in [0.25, 0.3) is 11.1 Å². The summed E-state index contributed by atoms with van der Waals surface area (Å²) in [6.07, 6.45) is 5.63. The molecule has 24 heavy (non-hydrogen) atoms. The maximum Gasteiger partial charge on any atom is 0.297 e. The molecule has 0 bridgehead atoms. The lowest BCUT2D eigenvalue weighted by Crippen LogP contribution is -2.21. The summed E-state index contributed by atoms with van der Waals surface area (Å²) in [5, 5.41) is 8.97. The Hall–Kier alpha value is -2.79. The van der Waals surface area contributed by atoms with Crippen molar-refractivity contribution in [2.45, 2.75) is 6.42 Å². The Kier molecular flexibility index (Phi) is 4.82.